The summed E-state index contributed by atoms with van der Waals surface area (Å²) in [5.74, 6) is -1.48. The SMILES string of the molecule is C=C(c1ccccc1F)c1cc([N+](=O)[O-])ccc1NC(=O)C(C)F. The molecule has 0 saturated heterocycles. The summed E-state index contributed by atoms with van der Waals surface area (Å²) in [6, 6.07) is 9.35. The maximum atomic E-state index is 14.0. The van der Waals surface area contributed by atoms with Crippen LogP contribution in [-0.2, 0) is 4.79 Å². The average Bonchev–Trinajstić information content (AvgIpc) is 2.54. The topological polar surface area (TPSA) is 72.2 Å². The third-order valence-corrected chi connectivity index (χ3v) is 3.36. The highest BCUT2D eigenvalue weighted by Crippen LogP contribution is 2.32. The number of hydrogen-bond donors (Lipinski definition) is 1. The predicted octanol–water partition coefficient (Wildman–Crippen LogP) is 4.09. The number of nitro groups is 1. The molecule has 2 aromatic rings. The van der Waals surface area contributed by atoms with E-state index in [4.69, 9.17) is 0 Å². The molecule has 0 bridgehead atoms. The summed E-state index contributed by atoms with van der Waals surface area (Å²) >= 11 is 0. The molecule has 24 heavy (non-hydrogen) atoms. The normalized spacial score (nSPS) is 11.6. The number of benzene rings is 2. The number of amides is 1. The van der Waals surface area contributed by atoms with E-state index in [-0.39, 0.29) is 28.1 Å². The largest absolute Gasteiger partial charge is 0.323 e. The van der Waals surface area contributed by atoms with E-state index in [9.17, 15) is 23.7 Å². The smallest absolute Gasteiger partial charge is 0.270 e. The van der Waals surface area contributed by atoms with Crippen molar-refractivity contribution >= 4 is 22.9 Å². The minimum absolute atomic E-state index is 0.114. The maximum absolute atomic E-state index is 14.0. The summed E-state index contributed by atoms with van der Waals surface area (Å²) in [4.78, 5) is 21.9. The molecule has 0 aliphatic carbocycles. The Morgan fingerprint density at radius 1 is 1.25 bits per heavy atom. The van der Waals surface area contributed by atoms with Crippen molar-refractivity contribution in [3.8, 4) is 0 Å². The van der Waals surface area contributed by atoms with Crippen LogP contribution in [0.1, 0.15) is 18.1 Å². The monoisotopic (exact) mass is 332 g/mol. The summed E-state index contributed by atoms with van der Waals surface area (Å²) in [5, 5.41) is 13.3. The number of carbonyl (C=O) groups is 1. The minimum atomic E-state index is -1.77. The van der Waals surface area contributed by atoms with Gasteiger partial charge in [-0.25, -0.2) is 8.78 Å². The van der Waals surface area contributed by atoms with Crippen LogP contribution in [0.15, 0.2) is 49.0 Å². The Balaban J connectivity index is 2.54. The number of rotatable bonds is 5. The number of nitrogens with one attached hydrogen (secondary N) is 1. The van der Waals surface area contributed by atoms with Gasteiger partial charge in [-0.1, -0.05) is 24.8 Å². The Bertz CT molecular complexity index is 819. The van der Waals surface area contributed by atoms with Gasteiger partial charge in [0.25, 0.3) is 11.6 Å². The predicted molar refractivity (Wildman–Crippen MR) is 86.8 cm³/mol. The molecule has 2 rings (SSSR count). The molecule has 0 aromatic heterocycles. The number of halogens is 2. The van der Waals surface area contributed by atoms with Gasteiger partial charge < -0.3 is 5.32 Å². The fraction of sp³-hybridized carbons (Fsp3) is 0.118. The maximum Gasteiger partial charge on any atom is 0.270 e. The summed E-state index contributed by atoms with van der Waals surface area (Å²) in [7, 11) is 0. The molecule has 0 spiro atoms. The second kappa shape index (κ2) is 6.99. The Labute approximate surface area is 136 Å². The van der Waals surface area contributed by atoms with E-state index in [1.165, 1.54) is 24.3 Å². The van der Waals surface area contributed by atoms with Gasteiger partial charge in [0.2, 0.25) is 0 Å². The number of nitrogens with zero attached hydrogens (tertiary/aromatic N) is 1. The minimum Gasteiger partial charge on any atom is -0.323 e. The Morgan fingerprint density at radius 3 is 2.50 bits per heavy atom. The van der Waals surface area contributed by atoms with Crippen LogP contribution in [0.4, 0.5) is 20.2 Å². The van der Waals surface area contributed by atoms with Gasteiger partial charge in [0.1, 0.15) is 5.82 Å². The standard InChI is InChI=1S/C17H14F2N2O3/c1-10(13-5-3-4-6-15(13)19)14-9-12(21(23)24)7-8-16(14)20-17(22)11(2)18/h3-9,11H,1H2,2H3,(H,20,22). The van der Waals surface area contributed by atoms with Gasteiger partial charge >= 0.3 is 0 Å². The van der Waals surface area contributed by atoms with Gasteiger partial charge in [-0.2, -0.15) is 0 Å². The molecular weight excluding hydrogens is 318 g/mol. The van der Waals surface area contributed by atoms with Crippen LogP contribution in [0.2, 0.25) is 0 Å². The summed E-state index contributed by atoms with van der Waals surface area (Å²) in [6.45, 7) is 4.82. The molecule has 0 aliphatic heterocycles. The lowest BCUT2D eigenvalue weighted by Gasteiger charge is -2.14. The molecule has 124 valence electrons. The van der Waals surface area contributed by atoms with Crippen LogP contribution < -0.4 is 5.32 Å². The lowest BCUT2D eigenvalue weighted by Crippen LogP contribution is -2.21. The second-order valence-electron chi connectivity index (χ2n) is 5.05. The molecule has 0 aliphatic rings. The van der Waals surface area contributed by atoms with E-state index in [1.807, 2.05) is 0 Å². The number of anilines is 1. The molecule has 2 aromatic carbocycles. The van der Waals surface area contributed by atoms with Gasteiger partial charge in [-0.15, -0.1) is 0 Å². The zero-order valence-electron chi connectivity index (χ0n) is 12.8. The van der Waals surface area contributed by atoms with E-state index in [2.05, 4.69) is 11.9 Å². The first-order valence-electron chi connectivity index (χ1n) is 6.99. The molecule has 1 unspecified atom stereocenters. The van der Waals surface area contributed by atoms with Crippen LogP contribution in [-0.4, -0.2) is 17.0 Å². The number of alkyl halides is 1. The molecule has 0 fully saturated rings. The molecule has 1 amide bonds. The van der Waals surface area contributed by atoms with Crippen LogP contribution in [0, 0.1) is 15.9 Å². The molecule has 0 radical (unpaired) electrons. The highest BCUT2D eigenvalue weighted by atomic mass is 19.1. The highest BCUT2D eigenvalue weighted by molar-refractivity contribution is 5.98. The van der Waals surface area contributed by atoms with Crippen molar-refractivity contribution in [2.24, 2.45) is 0 Å². The van der Waals surface area contributed by atoms with Crippen LogP contribution >= 0.6 is 0 Å². The van der Waals surface area contributed by atoms with Gasteiger partial charge in [0.05, 0.1) is 4.92 Å². The quantitative estimate of drug-likeness (QED) is 0.662. The Kier molecular flexibility index (Phi) is 5.03. The van der Waals surface area contributed by atoms with E-state index in [1.54, 1.807) is 6.07 Å². The molecule has 0 saturated carbocycles. The van der Waals surface area contributed by atoms with Crippen LogP contribution in [0.25, 0.3) is 5.57 Å². The molecular formula is C17H14F2N2O3. The van der Waals surface area contributed by atoms with Gasteiger partial charge in [0, 0.05) is 28.9 Å². The molecule has 1 N–H and O–H groups in total. The third-order valence-electron chi connectivity index (χ3n) is 3.36. The van der Waals surface area contributed by atoms with Crippen molar-refractivity contribution < 1.29 is 18.5 Å². The summed E-state index contributed by atoms with van der Waals surface area (Å²) < 4.78 is 27.1. The average molecular weight is 332 g/mol. The number of nitro benzene ring substituents is 1. The van der Waals surface area contributed by atoms with Gasteiger partial charge in [0.15, 0.2) is 6.17 Å². The Morgan fingerprint density at radius 2 is 1.92 bits per heavy atom. The van der Waals surface area contributed by atoms with Crippen molar-refractivity contribution in [1.29, 1.82) is 0 Å². The zero-order valence-corrected chi connectivity index (χ0v) is 12.8. The van der Waals surface area contributed by atoms with Crippen molar-refractivity contribution in [2.45, 2.75) is 13.1 Å². The highest BCUT2D eigenvalue weighted by Gasteiger charge is 2.19. The second-order valence-corrected chi connectivity index (χ2v) is 5.05. The van der Waals surface area contributed by atoms with E-state index < -0.39 is 22.8 Å². The number of non-ortho nitro benzene ring substituents is 1. The first kappa shape index (κ1) is 17.3. The lowest BCUT2D eigenvalue weighted by molar-refractivity contribution is -0.384. The fourth-order valence-electron chi connectivity index (χ4n) is 2.09. The Hall–Kier alpha value is -3.09. The van der Waals surface area contributed by atoms with Gasteiger partial charge in [-0.05, 0) is 24.6 Å². The summed E-state index contributed by atoms with van der Waals surface area (Å²) in [5.41, 5.74) is 0.265. The van der Waals surface area contributed by atoms with Crippen molar-refractivity contribution in [3.63, 3.8) is 0 Å². The molecule has 1 atom stereocenters. The van der Waals surface area contributed by atoms with E-state index in [0.29, 0.717) is 0 Å². The number of carbonyl (C=O) groups excluding carboxylic acids is 1. The third kappa shape index (κ3) is 3.62. The molecule has 7 heteroatoms. The van der Waals surface area contributed by atoms with E-state index >= 15 is 0 Å². The zero-order chi connectivity index (χ0) is 17.9. The molecule has 0 heterocycles. The van der Waals surface area contributed by atoms with E-state index in [0.717, 1.165) is 19.1 Å². The first-order valence-corrected chi connectivity index (χ1v) is 6.99. The number of hydrogen-bond acceptors (Lipinski definition) is 3. The van der Waals surface area contributed by atoms with Crippen LogP contribution in [0.5, 0.6) is 0 Å². The lowest BCUT2D eigenvalue weighted by atomic mass is 9.97. The van der Waals surface area contributed by atoms with Crippen molar-refractivity contribution in [1.82, 2.24) is 0 Å². The van der Waals surface area contributed by atoms with Gasteiger partial charge in [-0.3, -0.25) is 14.9 Å². The first-order chi connectivity index (χ1) is 11.3. The van der Waals surface area contributed by atoms with Crippen LogP contribution in [0.3, 0.4) is 0 Å². The summed E-state index contributed by atoms with van der Waals surface area (Å²) in [6.07, 6.45) is -1.77. The fourth-order valence-corrected chi connectivity index (χ4v) is 2.09. The van der Waals surface area contributed by atoms with Crippen molar-refractivity contribution in [2.75, 3.05) is 5.32 Å². The van der Waals surface area contributed by atoms with Crippen molar-refractivity contribution in [3.05, 3.63) is 76.1 Å². The molecule has 5 nitrogen and oxygen atoms in total.